The third-order valence-electron chi connectivity index (χ3n) is 3.03. The first kappa shape index (κ1) is 14.7. The number of likely N-dealkylation sites (N-methyl/N-ethyl adjacent to an activating group) is 1. The molecule has 0 aromatic carbocycles. The first-order valence-electron chi connectivity index (χ1n) is 6.18. The summed E-state index contributed by atoms with van der Waals surface area (Å²) in [5.74, 6) is 0. The fourth-order valence-electron chi connectivity index (χ4n) is 2.03. The third-order valence-corrected chi connectivity index (χ3v) is 4.34. The molecule has 1 unspecified atom stereocenters. The summed E-state index contributed by atoms with van der Waals surface area (Å²) in [4.78, 5) is 2.17. The molecule has 1 atom stereocenters. The quantitative estimate of drug-likeness (QED) is 0.875. The van der Waals surface area contributed by atoms with Gasteiger partial charge in [0.25, 0.3) is 0 Å². The van der Waals surface area contributed by atoms with E-state index in [1.54, 1.807) is 11.3 Å². The number of hydrogen-bond donors (Lipinski definition) is 1. The molecular formula is C13H19BrN4S. The van der Waals surface area contributed by atoms with Crippen LogP contribution in [0.5, 0.6) is 0 Å². The lowest BCUT2D eigenvalue weighted by Crippen LogP contribution is -2.25. The van der Waals surface area contributed by atoms with Crippen molar-refractivity contribution in [2.45, 2.75) is 12.6 Å². The van der Waals surface area contributed by atoms with Gasteiger partial charge in [0.2, 0.25) is 0 Å². The Morgan fingerprint density at radius 1 is 1.53 bits per heavy atom. The van der Waals surface area contributed by atoms with E-state index in [4.69, 9.17) is 0 Å². The molecule has 6 heteroatoms. The molecule has 2 heterocycles. The summed E-state index contributed by atoms with van der Waals surface area (Å²) in [6, 6.07) is 2.33. The van der Waals surface area contributed by atoms with Crippen molar-refractivity contribution in [3.8, 4) is 0 Å². The molecule has 2 rings (SSSR count). The standard InChI is InChI=1S/C13H19BrN4S/c1-15-12(10-4-7-19-9-10)13-11(14)8-16-18(13)6-5-17(2)3/h4,7-9,12,15H,5-6H2,1-3H3. The Kier molecular flexibility index (Phi) is 5.15. The summed E-state index contributed by atoms with van der Waals surface area (Å²) in [5, 5.41) is 12.1. The zero-order valence-corrected chi connectivity index (χ0v) is 13.8. The minimum Gasteiger partial charge on any atom is -0.308 e. The summed E-state index contributed by atoms with van der Waals surface area (Å²) < 4.78 is 3.12. The lowest BCUT2D eigenvalue weighted by atomic mass is 10.1. The SMILES string of the molecule is CNC(c1ccsc1)c1c(Br)cnn1CCN(C)C. The number of aromatic nitrogens is 2. The Hall–Kier alpha value is -0.690. The maximum atomic E-state index is 4.47. The van der Waals surface area contributed by atoms with Gasteiger partial charge in [-0.15, -0.1) is 0 Å². The first-order chi connectivity index (χ1) is 9.13. The molecular weight excluding hydrogens is 324 g/mol. The highest BCUT2D eigenvalue weighted by atomic mass is 79.9. The van der Waals surface area contributed by atoms with Crippen molar-refractivity contribution in [1.82, 2.24) is 20.0 Å². The van der Waals surface area contributed by atoms with Crippen molar-refractivity contribution >= 4 is 27.3 Å². The second-order valence-electron chi connectivity index (χ2n) is 4.68. The van der Waals surface area contributed by atoms with E-state index in [9.17, 15) is 0 Å². The highest BCUT2D eigenvalue weighted by molar-refractivity contribution is 9.10. The monoisotopic (exact) mass is 342 g/mol. The maximum absolute atomic E-state index is 4.47. The summed E-state index contributed by atoms with van der Waals surface area (Å²) in [6.07, 6.45) is 1.88. The van der Waals surface area contributed by atoms with Crippen LogP contribution in [0.3, 0.4) is 0 Å². The molecule has 2 aromatic heterocycles. The zero-order chi connectivity index (χ0) is 13.8. The molecule has 0 spiro atoms. The molecule has 0 saturated heterocycles. The van der Waals surface area contributed by atoms with Crippen LogP contribution in [0, 0.1) is 0 Å². The second kappa shape index (κ2) is 6.65. The summed E-state index contributed by atoms with van der Waals surface area (Å²) in [5.41, 5.74) is 2.46. The minimum atomic E-state index is 0.172. The van der Waals surface area contributed by atoms with Crippen LogP contribution in [0.1, 0.15) is 17.3 Å². The van der Waals surface area contributed by atoms with Crippen LogP contribution in [0.25, 0.3) is 0 Å². The summed E-state index contributed by atoms with van der Waals surface area (Å²) >= 11 is 5.33. The molecule has 0 amide bonds. The van der Waals surface area contributed by atoms with Gasteiger partial charge in [-0.1, -0.05) is 0 Å². The van der Waals surface area contributed by atoms with E-state index in [1.807, 2.05) is 13.2 Å². The number of nitrogens with zero attached hydrogens (tertiary/aromatic N) is 3. The Morgan fingerprint density at radius 3 is 2.89 bits per heavy atom. The van der Waals surface area contributed by atoms with Gasteiger partial charge in [0, 0.05) is 6.54 Å². The van der Waals surface area contributed by atoms with Gasteiger partial charge in [0.05, 0.1) is 29.0 Å². The predicted molar refractivity (Wildman–Crippen MR) is 83.7 cm³/mol. The lowest BCUT2D eigenvalue weighted by Gasteiger charge is -2.19. The van der Waals surface area contributed by atoms with Gasteiger partial charge < -0.3 is 10.2 Å². The summed E-state index contributed by atoms with van der Waals surface area (Å²) in [6.45, 7) is 1.86. The van der Waals surface area contributed by atoms with Crippen molar-refractivity contribution in [2.24, 2.45) is 0 Å². The number of nitrogens with one attached hydrogen (secondary N) is 1. The Bertz CT molecular complexity index is 507. The Morgan fingerprint density at radius 2 is 2.32 bits per heavy atom. The smallest absolute Gasteiger partial charge is 0.0765 e. The van der Waals surface area contributed by atoms with Gasteiger partial charge >= 0.3 is 0 Å². The first-order valence-corrected chi connectivity index (χ1v) is 7.92. The molecule has 2 aromatic rings. The maximum Gasteiger partial charge on any atom is 0.0765 e. The number of hydrogen-bond acceptors (Lipinski definition) is 4. The van der Waals surface area contributed by atoms with Crippen LogP contribution in [-0.4, -0.2) is 42.4 Å². The molecule has 0 saturated carbocycles. The van der Waals surface area contributed by atoms with Crippen LogP contribution in [0.4, 0.5) is 0 Å². The van der Waals surface area contributed by atoms with Crippen molar-refractivity contribution in [2.75, 3.05) is 27.7 Å². The number of halogens is 1. The van der Waals surface area contributed by atoms with Gasteiger partial charge in [-0.25, -0.2) is 0 Å². The fraction of sp³-hybridized carbons (Fsp3) is 0.462. The van der Waals surface area contributed by atoms with E-state index < -0.39 is 0 Å². The summed E-state index contributed by atoms with van der Waals surface area (Å²) in [7, 11) is 6.14. The second-order valence-corrected chi connectivity index (χ2v) is 6.32. The topological polar surface area (TPSA) is 33.1 Å². The largest absolute Gasteiger partial charge is 0.308 e. The van der Waals surface area contributed by atoms with Gasteiger partial charge in [-0.05, 0) is 59.5 Å². The van der Waals surface area contributed by atoms with Crippen LogP contribution in [-0.2, 0) is 6.54 Å². The minimum absolute atomic E-state index is 0.172. The molecule has 0 aliphatic carbocycles. The Labute approximate surface area is 126 Å². The lowest BCUT2D eigenvalue weighted by molar-refractivity contribution is 0.366. The highest BCUT2D eigenvalue weighted by Crippen LogP contribution is 2.29. The van der Waals surface area contributed by atoms with Crippen molar-refractivity contribution < 1.29 is 0 Å². The van der Waals surface area contributed by atoms with Crippen molar-refractivity contribution in [1.29, 1.82) is 0 Å². The number of rotatable bonds is 6. The van der Waals surface area contributed by atoms with Crippen molar-refractivity contribution in [3.05, 3.63) is 38.8 Å². The van der Waals surface area contributed by atoms with E-state index in [0.717, 1.165) is 17.6 Å². The fourth-order valence-corrected chi connectivity index (χ4v) is 3.24. The normalized spacial score (nSPS) is 13.1. The predicted octanol–water partition coefficient (Wildman–Crippen LogP) is 2.58. The van der Waals surface area contributed by atoms with Gasteiger partial charge in [-0.3, -0.25) is 4.68 Å². The van der Waals surface area contributed by atoms with Gasteiger partial charge in [0.15, 0.2) is 0 Å². The van der Waals surface area contributed by atoms with Crippen LogP contribution in [0.2, 0.25) is 0 Å². The molecule has 1 N–H and O–H groups in total. The van der Waals surface area contributed by atoms with Crippen LogP contribution in [0.15, 0.2) is 27.5 Å². The molecule has 4 nitrogen and oxygen atoms in total. The highest BCUT2D eigenvalue weighted by Gasteiger charge is 2.20. The van der Waals surface area contributed by atoms with E-state index in [-0.39, 0.29) is 6.04 Å². The Balaban J connectivity index is 2.29. The van der Waals surface area contributed by atoms with Crippen molar-refractivity contribution in [3.63, 3.8) is 0 Å². The molecule has 0 fully saturated rings. The van der Waals surface area contributed by atoms with Crippen LogP contribution < -0.4 is 5.32 Å². The van der Waals surface area contributed by atoms with E-state index >= 15 is 0 Å². The van der Waals surface area contributed by atoms with Gasteiger partial charge in [0.1, 0.15) is 0 Å². The number of thiophene rings is 1. The van der Waals surface area contributed by atoms with E-state index in [2.05, 4.69) is 66.8 Å². The molecule has 19 heavy (non-hydrogen) atoms. The molecule has 0 bridgehead atoms. The van der Waals surface area contributed by atoms with Gasteiger partial charge in [-0.2, -0.15) is 16.4 Å². The molecule has 0 aliphatic heterocycles. The molecule has 104 valence electrons. The van der Waals surface area contributed by atoms with E-state index in [1.165, 1.54) is 11.3 Å². The van der Waals surface area contributed by atoms with Crippen LogP contribution >= 0.6 is 27.3 Å². The zero-order valence-electron chi connectivity index (χ0n) is 11.4. The van der Waals surface area contributed by atoms with E-state index in [0.29, 0.717) is 0 Å². The molecule has 0 aliphatic rings. The third kappa shape index (κ3) is 3.45. The molecule has 0 radical (unpaired) electrons. The average Bonchev–Trinajstić information content (AvgIpc) is 3.00. The average molecular weight is 343 g/mol.